The molecule has 1 aliphatic rings. The zero-order valence-electron chi connectivity index (χ0n) is 11.1. The van der Waals surface area contributed by atoms with Gasteiger partial charge in [0.15, 0.2) is 0 Å². The van der Waals surface area contributed by atoms with E-state index in [9.17, 15) is 9.50 Å². The molecule has 1 N–H and O–H groups in total. The lowest BCUT2D eigenvalue weighted by Gasteiger charge is -2.13. The Morgan fingerprint density at radius 1 is 1.10 bits per heavy atom. The third-order valence-corrected chi connectivity index (χ3v) is 4.32. The standard InChI is InChI=1S/C17H16BrFO/c18-15-6-11(7-16(19)10-15)8-17(20)14-5-4-12-2-1-3-13(12)9-14/h4-7,9-10,17,20H,1-3,8H2. The Labute approximate surface area is 126 Å². The molecular weight excluding hydrogens is 319 g/mol. The highest BCUT2D eigenvalue weighted by Crippen LogP contribution is 2.27. The fourth-order valence-electron chi connectivity index (χ4n) is 2.87. The molecule has 0 fully saturated rings. The van der Waals surface area contributed by atoms with Crippen LogP contribution in [0.2, 0.25) is 0 Å². The van der Waals surface area contributed by atoms with Crippen molar-refractivity contribution in [1.29, 1.82) is 0 Å². The molecule has 0 saturated heterocycles. The summed E-state index contributed by atoms with van der Waals surface area (Å²) in [7, 11) is 0. The van der Waals surface area contributed by atoms with Crippen LogP contribution < -0.4 is 0 Å². The number of aliphatic hydroxyl groups excluding tert-OH is 1. The number of halogens is 2. The van der Waals surface area contributed by atoms with Gasteiger partial charge in [-0.25, -0.2) is 4.39 Å². The van der Waals surface area contributed by atoms with Crippen LogP contribution in [-0.2, 0) is 19.3 Å². The van der Waals surface area contributed by atoms with E-state index in [1.807, 2.05) is 12.1 Å². The highest BCUT2D eigenvalue weighted by molar-refractivity contribution is 9.10. The molecule has 2 aromatic carbocycles. The van der Waals surface area contributed by atoms with Gasteiger partial charge < -0.3 is 5.11 Å². The van der Waals surface area contributed by atoms with E-state index in [1.165, 1.54) is 29.7 Å². The lowest BCUT2D eigenvalue weighted by molar-refractivity contribution is 0.178. The van der Waals surface area contributed by atoms with E-state index >= 15 is 0 Å². The zero-order valence-corrected chi connectivity index (χ0v) is 12.7. The van der Waals surface area contributed by atoms with Crippen LogP contribution in [0.4, 0.5) is 4.39 Å². The molecule has 2 aromatic rings. The van der Waals surface area contributed by atoms with Crippen molar-refractivity contribution in [2.45, 2.75) is 31.8 Å². The van der Waals surface area contributed by atoms with Gasteiger partial charge in [-0.3, -0.25) is 0 Å². The molecule has 20 heavy (non-hydrogen) atoms. The molecule has 3 rings (SSSR count). The Balaban J connectivity index is 1.80. The minimum atomic E-state index is -0.588. The summed E-state index contributed by atoms with van der Waals surface area (Å²) in [5, 5.41) is 10.3. The molecule has 1 nitrogen and oxygen atoms in total. The summed E-state index contributed by atoms with van der Waals surface area (Å²) in [6, 6.07) is 10.9. The Hall–Kier alpha value is -1.19. The molecule has 0 saturated carbocycles. The van der Waals surface area contributed by atoms with Gasteiger partial charge in [0.05, 0.1) is 6.10 Å². The second kappa shape index (κ2) is 5.66. The van der Waals surface area contributed by atoms with E-state index in [-0.39, 0.29) is 5.82 Å². The van der Waals surface area contributed by atoms with E-state index in [0.29, 0.717) is 10.9 Å². The average Bonchev–Trinajstić information content (AvgIpc) is 2.84. The number of aliphatic hydroxyl groups is 1. The van der Waals surface area contributed by atoms with Crippen LogP contribution in [0.5, 0.6) is 0 Å². The van der Waals surface area contributed by atoms with Crippen LogP contribution >= 0.6 is 15.9 Å². The molecular formula is C17H16BrFO. The first-order chi connectivity index (χ1) is 9.61. The molecule has 0 aromatic heterocycles. The minimum Gasteiger partial charge on any atom is -0.388 e. The first kappa shape index (κ1) is 13.8. The van der Waals surface area contributed by atoms with Gasteiger partial charge in [0.2, 0.25) is 0 Å². The smallest absolute Gasteiger partial charge is 0.124 e. The highest BCUT2D eigenvalue weighted by Gasteiger charge is 2.15. The maximum atomic E-state index is 13.3. The number of rotatable bonds is 3. The van der Waals surface area contributed by atoms with Crippen LogP contribution in [0.25, 0.3) is 0 Å². The number of hydrogen-bond donors (Lipinski definition) is 1. The number of fused-ring (bicyclic) bond motifs is 1. The number of benzene rings is 2. The summed E-state index contributed by atoms with van der Waals surface area (Å²) < 4.78 is 14.1. The second-order valence-electron chi connectivity index (χ2n) is 5.38. The van der Waals surface area contributed by atoms with E-state index in [0.717, 1.165) is 24.0 Å². The zero-order chi connectivity index (χ0) is 14.1. The van der Waals surface area contributed by atoms with Crippen LogP contribution in [-0.4, -0.2) is 5.11 Å². The molecule has 0 amide bonds. The summed E-state index contributed by atoms with van der Waals surface area (Å²) in [4.78, 5) is 0. The van der Waals surface area contributed by atoms with E-state index in [2.05, 4.69) is 28.1 Å². The number of aryl methyl sites for hydroxylation is 2. The molecule has 1 unspecified atom stereocenters. The molecule has 104 valence electrons. The van der Waals surface area contributed by atoms with Crippen molar-refractivity contribution < 1.29 is 9.50 Å². The average molecular weight is 335 g/mol. The van der Waals surface area contributed by atoms with Gasteiger partial charge in [-0.15, -0.1) is 0 Å². The quantitative estimate of drug-likeness (QED) is 0.884. The van der Waals surface area contributed by atoms with Crippen molar-refractivity contribution in [1.82, 2.24) is 0 Å². The summed E-state index contributed by atoms with van der Waals surface area (Å²) in [6.45, 7) is 0. The largest absolute Gasteiger partial charge is 0.388 e. The van der Waals surface area contributed by atoms with E-state index in [1.54, 1.807) is 0 Å². The Kier molecular flexibility index (Phi) is 3.90. The van der Waals surface area contributed by atoms with Gasteiger partial charge in [-0.05, 0) is 59.7 Å². The molecule has 1 aliphatic carbocycles. The molecule has 0 heterocycles. The molecule has 0 bridgehead atoms. The van der Waals surface area contributed by atoms with Crippen molar-refractivity contribution in [3.63, 3.8) is 0 Å². The molecule has 3 heteroatoms. The van der Waals surface area contributed by atoms with Crippen molar-refractivity contribution in [3.05, 3.63) is 68.9 Å². The fraction of sp³-hybridized carbons (Fsp3) is 0.294. The van der Waals surface area contributed by atoms with Gasteiger partial charge in [-0.1, -0.05) is 34.1 Å². The SMILES string of the molecule is OC(Cc1cc(F)cc(Br)c1)c1ccc2c(c1)CCC2. The van der Waals surface area contributed by atoms with Crippen molar-refractivity contribution in [2.24, 2.45) is 0 Å². The van der Waals surface area contributed by atoms with Crippen molar-refractivity contribution in [2.75, 3.05) is 0 Å². The fourth-order valence-corrected chi connectivity index (χ4v) is 3.38. The van der Waals surface area contributed by atoms with Gasteiger partial charge in [-0.2, -0.15) is 0 Å². The van der Waals surface area contributed by atoms with Crippen LogP contribution in [0.3, 0.4) is 0 Å². The third kappa shape index (κ3) is 2.94. The maximum Gasteiger partial charge on any atom is 0.124 e. The van der Waals surface area contributed by atoms with Crippen molar-refractivity contribution in [3.8, 4) is 0 Å². The van der Waals surface area contributed by atoms with Gasteiger partial charge in [0, 0.05) is 10.9 Å². The summed E-state index contributed by atoms with van der Waals surface area (Å²) >= 11 is 3.28. The molecule has 1 atom stereocenters. The van der Waals surface area contributed by atoms with Crippen molar-refractivity contribution >= 4 is 15.9 Å². The predicted molar refractivity (Wildman–Crippen MR) is 81.2 cm³/mol. The van der Waals surface area contributed by atoms with E-state index in [4.69, 9.17) is 0 Å². The molecule has 0 radical (unpaired) electrons. The normalized spacial score (nSPS) is 15.2. The Morgan fingerprint density at radius 2 is 1.90 bits per heavy atom. The lowest BCUT2D eigenvalue weighted by Crippen LogP contribution is -2.03. The Morgan fingerprint density at radius 3 is 2.70 bits per heavy atom. The summed E-state index contributed by atoms with van der Waals surface area (Å²) in [5.41, 5.74) is 4.47. The maximum absolute atomic E-state index is 13.3. The van der Waals surface area contributed by atoms with Gasteiger partial charge in [0.25, 0.3) is 0 Å². The highest BCUT2D eigenvalue weighted by atomic mass is 79.9. The first-order valence-electron chi connectivity index (χ1n) is 6.86. The summed E-state index contributed by atoms with van der Waals surface area (Å²) in [6.07, 6.45) is 3.28. The third-order valence-electron chi connectivity index (χ3n) is 3.86. The van der Waals surface area contributed by atoms with Crippen LogP contribution in [0, 0.1) is 5.82 Å². The Bertz CT molecular complexity index is 619. The molecule has 0 aliphatic heterocycles. The first-order valence-corrected chi connectivity index (χ1v) is 7.66. The number of hydrogen-bond acceptors (Lipinski definition) is 1. The second-order valence-corrected chi connectivity index (χ2v) is 6.29. The summed E-state index contributed by atoms with van der Waals surface area (Å²) in [5.74, 6) is -0.282. The van der Waals surface area contributed by atoms with E-state index < -0.39 is 6.10 Å². The predicted octanol–water partition coefficient (Wildman–Crippen LogP) is 4.35. The van der Waals surface area contributed by atoms with Crippen LogP contribution in [0.15, 0.2) is 40.9 Å². The van der Waals surface area contributed by atoms with Gasteiger partial charge >= 0.3 is 0 Å². The minimum absolute atomic E-state index is 0.282. The monoisotopic (exact) mass is 334 g/mol. The van der Waals surface area contributed by atoms with Crippen LogP contribution in [0.1, 0.15) is 34.8 Å². The van der Waals surface area contributed by atoms with Gasteiger partial charge in [0.1, 0.15) is 5.82 Å². The lowest BCUT2D eigenvalue weighted by atomic mass is 9.98. The topological polar surface area (TPSA) is 20.2 Å². The molecule has 0 spiro atoms.